The van der Waals surface area contributed by atoms with Crippen molar-refractivity contribution in [2.75, 3.05) is 36.4 Å². The van der Waals surface area contributed by atoms with Gasteiger partial charge < -0.3 is 20.2 Å². The Hall–Kier alpha value is -3.27. The number of H-pyrrole nitrogens is 2. The highest BCUT2D eigenvalue weighted by atomic mass is 19.4. The van der Waals surface area contributed by atoms with E-state index in [1.165, 1.54) is 6.07 Å². The van der Waals surface area contributed by atoms with Crippen LogP contribution in [0.15, 0.2) is 47.3 Å². The van der Waals surface area contributed by atoms with Crippen LogP contribution in [0.4, 0.5) is 24.5 Å². The summed E-state index contributed by atoms with van der Waals surface area (Å²) in [5, 5.41) is 2.85. The number of nitrogens with zero attached hydrogens (tertiary/aromatic N) is 2. The second-order valence-corrected chi connectivity index (χ2v) is 7.58. The fourth-order valence-corrected chi connectivity index (χ4v) is 3.77. The summed E-state index contributed by atoms with van der Waals surface area (Å²) in [5.41, 5.74) is 1.38. The minimum Gasteiger partial charge on any atom is -0.369 e. The first-order valence-electron chi connectivity index (χ1n) is 9.90. The van der Waals surface area contributed by atoms with Gasteiger partial charge in [-0.05, 0) is 43.3 Å². The maximum Gasteiger partial charge on any atom is 0.416 e. The molecule has 1 aromatic heterocycles. The second-order valence-electron chi connectivity index (χ2n) is 7.58. The molecule has 0 bridgehead atoms. The van der Waals surface area contributed by atoms with E-state index in [-0.39, 0.29) is 11.6 Å². The van der Waals surface area contributed by atoms with E-state index in [2.05, 4.69) is 15.3 Å². The predicted molar refractivity (Wildman–Crippen MR) is 112 cm³/mol. The van der Waals surface area contributed by atoms with Crippen LogP contribution in [0.1, 0.15) is 12.5 Å². The number of hydrogen-bond acceptors (Lipinski definition) is 4. The molecule has 3 aromatic rings. The van der Waals surface area contributed by atoms with Crippen molar-refractivity contribution < 1.29 is 18.0 Å². The van der Waals surface area contributed by atoms with Crippen molar-refractivity contribution in [3.05, 3.63) is 58.5 Å². The van der Waals surface area contributed by atoms with E-state index in [1.54, 1.807) is 31.2 Å². The highest BCUT2D eigenvalue weighted by molar-refractivity contribution is 5.96. The van der Waals surface area contributed by atoms with Gasteiger partial charge in [0.25, 0.3) is 0 Å². The molecule has 10 heteroatoms. The summed E-state index contributed by atoms with van der Waals surface area (Å²) >= 11 is 0. The van der Waals surface area contributed by atoms with E-state index in [0.29, 0.717) is 48.6 Å². The largest absolute Gasteiger partial charge is 0.416 e. The van der Waals surface area contributed by atoms with Gasteiger partial charge in [0.1, 0.15) is 0 Å². The number of carbonyl (C=O) groups excluding carboxylic acids is 1. The van der Waals surface area contributed by atoms with Crippen LogP contribution in [0.3, 0.4) is 0 Å². The van der Waals surface area contributed by atoms with E-state index in [9.17, 15) is 22.8 Å². The third kappa shape index (κ3) is 4.58. The number of fused-ring (bicyclic) bond motifs is 1. The Morgan fingerprint density at radius 2 is 1.74 bits per heavy atom. The number of nitrogens with one attached hydrogen (secondary N) is 3. The third-order valence-corrected chi connectivity index (χ3v) is 5.56. The highest BCUT2D eigenvalue weighted by Crippen LogP contribution is 2.32. The van der Waals surface area contributed by atoms with Crippen molar-refractivity contribution in [2.45, 2.75) is 19.1 Å². The van der Waals surface area contributed by atoms with Crippen molar-refractivity contribution in [3.8, 4) is 0 Å². The summed E-state index contributed by atoms with van der Waals surface area (Å²) in [5.74, 6) is -0.190. The first-order chi connectivity index (χ1) is 14.7. The maximum absolute atomic E-state index is 13.0. The molecule has 0 radical (unpaired) electrons. The Bertz CT molecular complexity index is 1150. The normalized spacial score (nSPS) is 16.5. The average molecular weight is 433 g/mol. The zero-order valence-electron chi connectivity index (χ0n) is 16.8. The summed E-state index contributed by atoms with van der Waals surface area (Å²) in [6, 6.07) is 10.00. The van der Waals surface area contributed by atoms with Gasteiger partial charge in [-0.2, -0.15) is 13.2 Å². The minimum atomic E-state index is -4.37. The Kier molecular flexibility index (Phi) is 5.48. The molecule has 7 nitrogen and oxygen atoms in total. The summed E-state index contributed by atoms with van der Waals surface area (Å²) in [7, 11) is 0. The number of alkyl halides is 3. The molecule has 3 N–H and O–H groups in total. The quantitative estimate of drug-likeness (QED) is 0.591. The lowest BCUT2D eigenvalue weighted by atomic mass is 10.1. The van der Waals surface area contributed by atoms with Crippen molar-refractivity contribution in [1.29, 1.82) is 0 Å². The molecule has 0 spiro atoms. The monoisotopic (exact) mass is 433 g/mol. The lowest BCUT2D eigenvalue weighted by Crippen LogP contribution is -2.52. The Balaban J connectivity index is 1.36. The van der Waals surface area contributed by atoms with E-state index < -0.39 is 17.8 Å². The number of benzene rings is 2. The molecule has 4 rings (SSSR count). The number of halogens is 3. The number of amides is 1. The predicted octanol–water partition coefficient (Wildman–Crippen LogP) is 3.02. The molecule has 0 aliphatic carbocycles. The van der Waals surface area contributed by atoms with Gasteiger partial charge >= 0.3 is 11.9 Å². The first kappa shape index (κ1) is 21.0. The number of aromatic amines is 2. The van der Waals surface area contributed by atoms with Crippen molar-refractivity contribution >= 4 is 28.3 Å². The number of piperazine rings is 1. The topological polar surface area (TPSA) is 84.2 Å². The summed E-state index contributed by atoms with van der Waals surface area (Å²) < 4.78 is 38.9. The van der Waals surface area contributed by atoms with Crippen LogP contribution in [0.2, 0.25) is 0 Å². The van der Waals surface area contributed by atoms with Gasteiger partial charge in [0.05, 0.1) is 22.6 Å². The average Bonchev–Trinajstić information content (AvgIpc) is 3.12. The van der Waals surface area contributed by atoms with Gasteiger partial charge in [-0.15, -0.1) is 0 Å². The van der Waals surface area contributed by atoms with Crippen LogP contribution < -0.4 is 15.9 Å². The molecule has 1 amide bonds. The Labute approximate surface area is 175 Å². The molecule has 31 heavy (non-hydrogen) atoms. The molecular formula is C21H22F3N5O2. The molecule has 2 heterocycles. The van der Waals surface area contributed by atoms with Gasteiger partial charge in [-0.25, -0.2) is 4.79 Å². The van der Waals surface area contributed by atoms with E-state index in [4.69, 9.17) is 0 Å². The summed E-state index contributed by atoms with van der Waals surface area (Å²) in [6.07, 6.45) is -4.37. The number of aromatic nitrogens is 2. The fourth-order valence-electron chi connectivity index (χ4n) is 3.77. The SMILES string of the molecule is C[C@H](C(=O)Nc1ccc2[nH]c(=O)[nH]c2c1)N1CCN(c2cccc(C(F)(F)F)c2)CC1. The minimum absolute atomic E-state index is 0.190. The van der Waals surface area contributed by atoms with Crippen LogP contribution >= 0.6 is 0 Å². The van der Waals surface area contributed by atoms with Crippen molar-refractivity contribution in [3.63, 3.8) is 0 Å². The highest BCUT2D eigenvalue weighted by Gasteiger charge is 2.31. The Morgan fingerprint density at radius 3 is 2.45 bits per heavy atom. The molecule has 0 saturated carbocycles. The van der Waals surface area contributed by atoms with Gasteiger partial charge in [-0.1, -0.05) is 6.07 Å². The van der Waals surface area contributed by atoms with Gasteiger partial charge in [-0.3, -0.25) is 9.69 Å². The van der Waals surface area contributed by atoms with Gasteiger partial charge in [0.2, 0.25) is 5.91 Å². The van der Waals surface area contributed by atoms with Crippen LogP contribution in [0.5, 0.6) is 0 Å². The number of carbonyl (C=O) groups is 1. The van der Waals surface area contributed by atoms with Crippen molar-refractivity contribution in [1.82, 2.24) is 14.9 Å². The fraction of sp³-hybridized carbons (Fsp3) is 0.333. The molecule has 0 unspecified atom stereocenters. The number of rotatable bonds is 4. The van der Waals surface area contributed by atoms with Crippen LogP contribution in [-0.2, 0) is 11.0 Å². The lowest BCUT2D eigenvalue weighted by molar-refractivity contribution is -0.137. The maximum atomic E-state index is 13.0. The second kappa shape index (κ2) is 8.10. The number of imidazole rings is 1. The van der Waals surface area contributed by atoms with Crippen LogP contribution in [0.25, 0.3) is 11.0 Å². The molecular weight excluding hydrogens is 411 g/mol. The standard InChI is InChI=1S/C21H22F3N5O2/c1-13(19(30)25-15-5-6-17-18(12-15)27-20(31)26-17)28-7-9-29(10-8-28)16-4-2-3-14(11-16)21(22,23)24/h2-6,11-13H,7-10H2,1H3,(H,25,30)(H2,26,27,31)/t13-/m1/s1. The molecule has 1 saturated heterocycles. The zero-order chi connectivity index (χ0) is 22.2. The lowest BCUT2D eigenvalue weighted by Gasteiger charge is -2.38. The molecule has 2 aromatic carbocycles. The molecule has 1 aliphatic rings. The van der Waals surface area contributed by atoms with E-state index >= 15 is 0 Å². The summed E-state index contributed by atoms with van der Waals surface area (Å²) in [6.45, 7) is 3.95. The van der Waals surface area contributed by atoms with Crippen LogP contribution in [-0.4, -0.2) is 53.0 Å². The molecule has 1 aliphatic heterocycles. The van der Waals surface area contributed by atoms with E-state index in [1.807, 2.05) is 9.80 Å². The smallest absolute Gasteiger partial charge is 0.369 e. The molecule has 164 valence electrons. The van der Waals surface area contributed by atoms with E-state index in [0.717, 1.165) is 12.1 Å². The zero-order valence-corrected chi connectivity index (χ0v) is 16.8. The molecule has 1 fully saturated rings. The molecule has 1 atom stereocenters. The third-order valence-electron chi connectivity index (χ3n) is 5.56. The summed E-state index contributed by atoms with van der Waals surface area (Å²) in [4.78, 5) is 33.2. The van der Waals surface area contributed by atoms with Crippen molar-refractivity contribution in [2.24, 2.45) is 0 Å². The number of hydrogen-bond donors (Lipinski definition) is 3. The number of anilines is 2. The first-order valence-corrected chi connectivity index (χ1v) is 9.90. The Morgan fingerprint density at radius 1 is 1.03 bits per heavy atom. The van der Waals surface area contributed by atoms with Crippen LogP contribution in [0, 0.1) is 0 Å². The van der Waals surface area contributed by atoms with Gasteiger partial charge in [0, 0.05) is 37.6 Å². The van der Waals surface area contributed by atoms with Gasteiger partial charge in [0.15, 0.2) is 0 Å².